The lowest BCUT2D eigenvalue weighted by Gasteiger charge is -2.35. The molecule has 5 rings (SSSR count). The second-order valence-corrected chi connectivity index (χ2v) is 9.86. The number of aromatic amines is 1. The first-order chi connectivity index (χ1) is 17.3. The summed E-state index contributed by atoms with van der Waals surface area (Å²) in [5.74, 6) is -0.482. The van der Waals surface area contributed by atoms with Crippen LogP contribution in [0.2, 0.25) is 0 Å². The average molecular weight is 487 g/mol. The highest BCUT2D eigenvalue weighted by atomic mass is 19.1. The number of nitrogens with one attached hydrogen (secondary N) is 2. The first kappa shape index (κ1) is 24.0. The van der Waals surface area contributed by atoms with E-state index in [4.69, 9.17) is 0 Å². The summed E-state index contributed by atoms with van der Waals surface area (Å²) in [6.45, 7) is 3.92. The highest BCUT2D eigenvalue weighted by Gasteiger charge is 2.29. The van der Waals surface area contributed by atoms with Crippen molar-refractivity contribution >= 4 is 29.2 Å². The Labute approximate surface area is 210 Å². The van der Waals surface area contributed by atoms with Gasteiger partial charge in [0, 0.05) is 35.7 Å². The van der Waals surface area contributed by atoms with Crippen LogP contribution in [0.3, 0.4) is 0 Å². The SMILES string of the molecule is Cc1cc(CC(=O)N(C)C2CCN(C)CC2)c(C=C2C(=O)Nc3cccc(-c4cccc(F)c4)c32)[nH]1. The van der Waals surface area contributed by atoms with Gasteiger partial charge in [0.15, 0.2) is 0 Å². The van der Waals surface area contributed by atoms with Gasteiger partial charge in [-0.2, -0.15) is 0 Å². The number of carbonyl (C=O) groups is 2. The molecule has 2 aliphatic rings. The Bertz CT molecular complexity index is 1350. The largest absolute Gasteiger partial charge is 0.359 e. The zero-order valence-electron chi connectivity index (χ0n) is 20.9. The molecule has 0 bridgehead atoms. The summed E-state index contributed by atoms with van der Waals surface area (Å²) in [6.07, 6.45) is 4.02. The third-order valence-corrected chi connectivity index (χ3v) is 7.29. The molecule has 0 radical (unpaired) electrons. The number of aryl methyl sites for hydroxylation is 1. The number of rotatable bonds is 5. The van der Waals surface area contributed by atoms with Gasteiger partial charge < -0.3 is 20.1 Å². The molecule has 186 valence electrons. The van der Waals surface area contributed by atoms with Crippen LogP contribution in [0.25, 0.3) is 22.8 Å². The van der Waals surface area contributed by atoms with Crippen LogP contribution in [0.1, 0.15) is 35.4 Å². The number of nitrogens with zero attached hydrogens (tertiary/aromatic N) is 2. The number of piperidine rings is 1. The number of carbonyl (C=O) groups excluding carboxylic acids is 2. The average Bonchev–Trinajstić information content (AvgIpc) is 3.37. The van der Waals surface area contributed by atoms with E-state index in [1.165, 1.54) is 12.1 Å². The van der Waals surface area contributed by atoms with E-state index in [9.17, 15) is 14.0 Å². The quantitative estimate of drug-likeness (QED) is 0.513. The van der Waals surface area contributed by atoms with E-state index in [1.54, 1.807) is 6.07 Å². The predicted octanol–water partition coefficient (Wildman–Crippen LogP) is 4.72. The molecular weight excluding hydrogens is 455 g/mol. The van der Waals surface area contributed by atoms with E-state index < -0.39 is 0 Å². The summed E-state index contributed by atoms with van der Waals surface area (Å²) in [6, 6.07) is 14.2. The number of fused-ring (bicyclic) bond motifs is 1. The van der Waals surface area contributed by atoms with Crippen LogP contribution in [-0.2, 0) is 16.0 Å². The van der Waals surface area contributed by atoms with Crippen molar-refractivity contribution in [3.63, 3.8) is 0 Å². The number of anilines is 1. The minimum absolute atomic E-state index is 0.0694. The minimum Gasteiger partial charge on any atom is -0.359 e. The summed E-state index contributed by atoms with van der Waals surface area (Å²) in [4.78, 5) is 33.7. The highest BCUT2D eigenvalue weighted by Crippen LogP contribution is 2.40. The van der Waals surface area contributed by atoms with Gasteiger partial charge in [0.1, 0.15) is 5.82 Å². The monoisotopic (exact) mass is 486 g/mol. The molecule has 0 unspecified atom stereocenters. The Morgan fingerprint density at radius 3 is 2.67 bits per heavy atom. The maximum Gasteiger partial charge on any atom is 0.256 e. The van der Waals surface area contributed by atoms with Crippen molar-refractivity contribution in [2.24, 2.45) is 0 Å². The van der Waals surface area contributed by atoms with Crippen molar-refractivity contribution in [3.05, 3.63) is 76.9 Å². The van der Waals surface area contributed by atoms with Gasteiger partial charge in [-0.05, 0) is 86.9 Å². The van der Waals surface area contributed by atoms with Gasteiger partial charge >= 0.3 is 0 Å². The number of likely N-dealkylation sites (N-methyl/N-ethyl adjacent to an activating group) is 1. The number of benzene rings is 2. The van der Waals surface area contributed by atoms with Gasteiger partial charge in [0.05, 0.1) is 12.0 Å². The van der Waals surface area contributed by atoms with Crippen LogP contribution < -0.4 is 5.32 Å². The number of likely N-dealkylation sites (tertiary alicyclic amines) is 1. The summed E-state index contributed by atoms with van der Waals surface area (Å²) < 4.78 is 14.0. The number of aromatic nitrogens is 1. The second-order valence-electron chi connectivity index (χ2n) is 9.86. The molecule has 2 aromatic carbocycles. The topological polar surface area (TPSA) is 68.4 Å². The molecule has 6 nitrogen and oxygen atoms in total. The molecule has 0 atom stereocenters. The lowest BCUT2D eigenvalue weighted by atomic mass is 9.94. The van der Waals surface area contributed by atoms with Crippen LogP contribution in [0, 0.1) is 12.7 Å². The van der Waals surface area contributed by atoms with E-state index in [2.05, 4.69) is 22.2 Å². The van der Waals surface area contributed by atoms with E-state index in [0.29, 0.717) is 16.8 Å². The Kier molecular flexibility index (Phi) is 6.49. The van der Waals surface area contributed by atoms with Gasteiger partial charge in [0.25, 0.3) is 5.91 Å². The molecule has 3 heterocycles. The molecule has 0 spiro atoms. The summed E-state index contributed by atoms with van der Waals surface area (Å²) in [5, 5.41) is 2.93. The van der Waals surface area contributed by atoms with E-state index in [-0.39, 0.29) is 30.1 Å². The summed E-state index contributed by atoms with van der Waals surface area (Å²) in [5.41, 5.74) is 5.91. The fourth-order valence-corrected chi connectivity index (χ4v) is 5.24. The lowest BCUT2D eigenvalue weighted by Crippen LogP contribution is -2.45. The van der Waals surface area contributed by atoms with Gasteiger partial charge in [-0.3, -0.25) is 9.59 Å². The number of amides is 2. The molecule has 2 aliphatic heterocycles. The van der Waals surface area contributed by atoms with Crippen LogP contribution in [0.5, 0.6) is 0 Å². The normalized spacial score (nSPS) is 17.3. The van der Waals surface area contributed by atoms with Gasteiger partial charge in [-0.15, -0.1) is 0 Å². The van der Waals surface area contributed by atoms with Crippen LogP contribution >= 0.6 is 0 Å². The maximum atomic E-state index is 14.0. The molecule has 0 aliphatic carbocycles. The number of hydrogen-bond donors (Lipinski definition) is 2. The van der Waals surface area contributed by atoms with E-state index in [0.717, 1.165) is 54.0 Å². The molecule has 2 amide bonds. The van der Waals surface area contributed by atoms with Crippen LogP contribution in [-0.4, -0.2) is 59.8 Å². The first-order valence-electron chi connectivity index (χ1n) is 12.3. The first-order valence-corrected chi connectivity index (χ1v) is 12.3. The van der Waals surface area contributed by atoms with E-state index >= 15 is 0 Å². The van der Waals surface area contributed by atoms with Crippen molar-refractivity contribution < 1.29 is 14.0 Å². The van der Waals surface area contributed by atoms with Crippen molar-refractivity contribution in [1.29, 1.82) is 0 Å². The standard InChI is InChI=1S/C29H31FN4O2/c1-18-14-20(16-27(35)34(3)22-10-12-33(2)13-11-22)26(31-18)17-24-28-23(19-6-4-7-21(30)15-19)8-5-9-25(28)32-29(24)36/h4-9,14-15,17,22,31H,10-13,16H2,1-3H3,(H,32,36). The zero-order valence-corrected chi connectivity index (χ0v) is 20.9. The predicted molar refractivity (Wildman–Crippen MR) is 141 cm³/mol. The Morgan fingerprint density at radius 2 is 1.92 bits per heavy atom. The van der Waals surface area contributed by atoms with Crippen molar-refractivity contribution in [1.82, 2.24) is 14.8 Å². The van der Waals surface area contributed by atoms with Gasteiger partial charge in [-0.1, -0.05) is 24.3 Å². The molecule has 2 N–H and O–H groups in total. The van der Waals surface area contributed by atoms with Gasteiger partial charge in [0.2, 0.25) is 5.91 Å². The van der Waals surface area contributed by atoms with Crippen molar-refractivity contribution in [2.75, 3.05) is 32.5 Å². The minimum atomic E-state index is -0.331. The Morgan fingerprint density at radius 1 is 1.17 bits per heavy atom. The number of hydrogen-bond acceptors (Lipinski definition) is 3. The van der Waals surface area contributed by atoms with Crippen molar-refractivity contribution in [3.8, 4) is 11.1 Å². The number of halogens is 1. The third kappa shape index (κ3) is 4.71. The smallest absolute Gasteiger partial charge is 0.256 e. The molecule has 1 aromatic heterocycles. The fraction of sp³-hybridized carbons (Fsp3) is 0.310. The van der Waals surface area contributed by atoms with Gasteiger partial charge in [-0.25, -0.2) is 4.39 Å². The van der Waals surface area contributed by atoms with Crippen molar-refractivity contribution in [2.45, 2.75) is 32.2 Å². The van der Waals surface area contributed by atoms with Crippen LogP contribution in [0.15, 0.2) is 48.5 Å². The zero-order chi connectivity index (χ0) is 25.4. The second kappa shape index (κ2) is 9.74. The lowest BCUT2D eigenvalue weighted by molar-refractivity contribution is -0.132. The highest BCUT2D eigenvalue weighted by molar-refractivity contribution is 6.36. The molecular formula is C29H31FN4O2. The molecule has 3 aromatic rings. The fourth-order valence-electron chi connectivity index (χ4n) is 5.24. The maximum absolute atomic E-state index is 14.0. The molecule has 0 saturated carbocycles. The van der Waals surface area contributed by atoms with E-state index in [1.807, 2.05) is 55.3 Å². The third-order valence-electron chi connectivity index (χ3n) is 7.29. The Hall–Kier alpha value is -3.71. The molecule has 7 heteroatoms. The summed E-state index contributed by atoms with van der Waals surface area (Å²) >= 11 is 0. The Balaban J connectivity index is 1.46. The number of H-pyrrole nitrogens is 1. The molecule has 1 saturated heterocycles. The van der Waals surface area contributed by atoms with Crippen LogP contribution in [0.4, 0.5) is 10.1 Å². The molecule has 36 heavy (non-hydrogen) atoms. The summed E-state index contributed by atoms with van der Waals surface area (Å²) in [7, 11) is 4.00. The molecule has 1 fully saturated rings.